The van der Waals surface area contributed by atoms with Crippen molar-refractivity contribution in [3.8, 4) is 0 Å². The molecular formula is C61H90N8O18. The van der Waals surface area contributed by atoms with Crippen LogP contribution in [0.4, 0.5) is 0 Å². The number of nitrogens with zero attached hydrogens (tertiary/aromatic N) is 1. The van der Waals surface area contributed by atoms with Gasteiger partial charge in [0.2, 0.25) is 0 Å². The molecule has 2 aliphatic carbocycles. The predicted molar refractivity (Wildman–Crippen MR) is 314 cm³/mol. The van der Waals surface area contributed by atoms with Crippen LogP contribution < -0.4 is 37.8 Å². The topological polar surface area (TPSA) is 374 Å². The smallest absolute Gasteiger partial charge is 0.338 e. The molecule has 3 aliphatic heterocycles. The molecule has 482 valence electrons. The van der Waals surface area contributed by atoms with E-state index in [0.717, 1.165) is 115 Å². The second-order valence-electron chi connectivity index (χ2n) is 23.6. The lowest BCUT2D eigenvalue weighted by Crippen LogP contribution is -2.65. The van der Waals surface area contributed by atoms with Gasteiger partial charge in [-0.25, -0.2) is 14.4 Å². The van der Waals surface area contributed by atoms with E-state index < -0.39 is 133 Å². The van der Waals surface area contributed by atoms with Gasteiger partial charge < -0.3 is 90.6 Å². The molecular weight excluding hydrogens is 1130 g/mol. The maximum atomic E-state index is 14.7. The molecule has 8 rings (SSSR count). The van der Waals surface area contributed by atoms with Crippen LogP contribution in [0.5, 0.6) is 0 Å². The zero-order valence-corrected chi connectivity index (χ0v) is 49.5. The van der Waals surface area contributed by atoms with E-state index >= 15 is 0 Å². The van der Waals surface area contributed by atoms with Crippen LogP contribution >= 0.6 is 0 Å². The third kappa shape index (κ3) is 19.8. The molecule has 87 heavy (non-hydrogen) atoms. The molecule has 2 saturated carbocycles. The van der Waals surface area contributed by atoms with Crippen molar-refractivity contribution >= 4 is 23.6 Å². The summed E-state index contributed by atoms with van der Waals surface area (Å²) in [7, 11) is 0. The molecule has 1 aromatic heterocycles. The van der Waals surface area contributed by atoms with Gasteiger partial charge in [-0.05, 0) is 107 Å². The number of carboxylic acid groups (broad SMARTS) is 1. The average Bonchev–Trinajstić information content (AvgIpc) is 1.14. The molecule has 2 aromatic carbocycles. The van der Waals surface area contributed by atoms with Crippen molar-refractivity contribution in [3.05, 3.63) is 104 Å². The third-order valence-electron chi connectivity index (χ3n) is 17.1. The summed E-state index contributed by atoms with van der Waals surface area (Å²) < 4.78 is 37.8. The number of rotatable bonds is 23. The summed E-state index contributed by atoms with van der Waals surface area (Å²) in [6.45, 7) is 9.97. The number of carbonyl (C=O) groups is 4. The average molecular weight is 1220 g/mol. The first kappa shape index (κ1) is 67.5. The number of carboxylic acids is 1. The van der Waals surface area contributed by atoms with E-state index in [9.17, 15) is 59.4 Å². The van der Waals surface area contributed by atoms with Crippen LogP contribution in [-0.4, -0.2) is 220 Å². The Labute approximate surface area is 505 Å². The predicted octanol–water partition coefficient (Wildman–Crippen LogP) is -0.214. The number of aromatic amines is 2. The number of nitrogens with one attached hydrogen (secondary N) is 7. The fourth-order valence-electron chi connectivity index (χ4n) is 12.2. The number of ether oxygens (including phenoxy) is 6. The summed E-state index contributed by atoms with van der Waals surface area (Å²) in [4.78, 5) is 87.7. The first-order valence-electron chi connectivity index (χ1n) is 30.9. The molecule has 3 saturated heterocycles. The maximum absolute atomic E-state index is 14.7. The highest BCUT2D eigenvalue weighted by Gasteiger charge is 2.54. The molecule has 0 radical (unpaired) electrons. The Morgan fingerprint density at radius 2 is 1.45 bits per heavy atom. The van der Waals surface area contributed by atoms with Gasteiger partial charge in [0.25, 0.3) is 11.5 Å². The number of aliphatic hydroxyl groups is 5. The molecule has 0 bridgehead atoms. The summed E-state index contributed by atoms with van der Waals surface area (Å²) in [6.07, 6.45) is -15.0. The molecule has 26 nitrogen and oxygen atoms in total. The number of hydrogen-bond acceptors (Lipinski definition) is 22. The Bertz CT molecular complexity index is 2700. The van der Waals surface area contributed by atoms with E-state index in [4.69, 9.17) is 28.4 Å². The lowest BCUT2D eigenvalue weighted by molar-refractivity contribution is -0.347. The van der Waals surface area contributed by atoms with Gasteiger partial charge in [-0.3, -0.25) is 24.3 Å². The Kier molecular flexibility index (Phi) is 26.4. The molecule has 1 amide bonds. The second kappa shape index (κ2) is 34.0. The van der Waals surface area contributed by atoms with Crippen LogP contribution in [0.3, 0.4) is 0 Å². The normalized spacial score (nSPS) is 30.6. The summed E-state index contributed by atoms with van der Waals surface area (Å²) in [5.74, 6) is -4.58. The Morgan fingerprint density at radius 3 is 2.16 bits per heavy atom. The van der Waals surface area contributed by atoms with Crippen molar-refractivity contribution in [1.29, 1.82) is 0 Å². The standard InChI is InChI=1S/C61H90N8O18/c1-36-49(73)51(75)52(76)59(82-36)87-53-42(66-56(77)43-32-48(72)68-61(81)67-43)30-41(44(71)15-8-20-65-33-38-16-18-39(19-17-38)34-69-27-10-23-63-25-24-62-21-9-22-64-26-28-69)31-45(53)84-60-55(86-58(80)40-13-6-3-7-14-40)54(50(74)47(35-70)85-60)83-46(57(78)79)29-37-11-4-2-5-12-37/h3,6-7,13-14,16-19,32,36-37,41-42,45-47,49-55,59-60,62-65,70,73-76H,2,4-5,8-12,15,20-31,33-35H2,1H3,(H,66,77)(H,78,79)(H2,67,68,72,81)/t36?,41?,42?,45?,46-,47?,49?,50?,51?,52?,53?,54?,55?,59?,60?/m0/s1. The molecule has 0 spiro atoms. The summed E-state index contributed by atoms with van der Waals surface area (Å²) >= 11 is 0. The molecule has 4 heterocycles. The summed E-state index contributed by atoms with van der Waals surface area (Å²) in [6, 6.07) is 15.7. The first-order chi connectivity index (χ1) is 42.0. The van der Waals surface area contributed by atoms with Crippen LogP contribution in [0.15, 0.2) is 70.3 Å². The van der Waals surface area contributed by atoms with E-state index in [1.165, 1.54) is 24.6 Å². The van der Waals surface area contributed by atoms with E-state index in [1.54, 1.807) is 18.2 Å². The highest BCUT2D eigenvalue weighted by molar-refractivity contribution is 5.92. The van der Waals surface area contributed by atoms with Gasteiger partial charge >= 0.3 is 17.6 Å². The van der Waals surface area contributed by atoms with Crippen molar-refractivity contribution in [2.45, 2.75) is 183 Å². The third-order valence-corrected chi connectivity index (χ3v) is 17.1. The van der Waals surface area contributed by atoms with Crippen molar-refractivity contribution in [2.24, 2.45) is 11.8 Å². The highest BCUT2D eigenvalue weighted by Crippen LogP contribution is 2.38. The zero-order chi connectivity index (χ0) is 61.8. The van der Waals surface area contributed by atoms with E-state index in [1.807, 2.05) is 4.98 Å². The number of Topliss-reactive ketones (excluding diaryl/α,β-unsaturated/α-hetero) is 1. The Morgan fingerprint density at radius 1 is 0.736 bits per heavy atom. The number of carbonyl (C=O) groups excluding carboxylic acids is 3. The van der Waals surface area contributed by atoms with Gasteiger partial charge in [-0.1, -0.05) is 74.6 Å². The Balaban J connectivity index is 1.04. The van der Waals surface area contributed by atoms with Crippen molar-refractivity contribution < 1.29 is 78.2 Å². The van der Waals surface area contributed by atoms with Crippen LogP contribution in [-0.2, 0) is 51.1 Å². The molecule has 14 unspecified atom stereocenters. The monoisotopic (exact) mass is 1220 g/mol. The quantitative estimate of drug-likeness (QED) is 0.0431. The highest BCUT2D eigenvalue weighted by atomic mass is 16.7. The fourth-order valence-corrected chi connectivity index (χ4v) is 12.2. The number of aliphatic carboxylic acids is 1. The van der Waals surface area contributed by atoms with Gasteiger partial charge in [0.15, 0.2) is 24.8 Å². The number of ketones is 1. The SMILES string of the molecule is CC1OC(OC2C(NC(=O)c3cc(=O)[nH]c(=O)[nH]3)CC(C(=O)CCCNCc3ccc(CN4CCCNCCNCCCNCC4)cc3)CC2OC2OC(CO)C(O)C(O[C@@H](CC3CCCCC3)C(=O)O)C2OC(=O)c2ccccc2)C(O)C(O)C1O. The number of aliphatic hydroxyl groups excluding tert-OH is 5. The molecule has 5 aliphatic rings. The van der Waals surface area contributed by atoms with E-state index in [0.29, 0.717) is 19.5 Å². The number of amides is 1. The minimum Gasteiger partial charge on any atom is -0.479 e. The van der Waals surface area contributed by atoms with E-state index in [2.05, 4.69) is 60.7 Å². The van der Waals surface area contributed by atoms with Gasteiger partial charge in [-0.15, -0.1) is 0 Å². The molecule has 13 N–H and O–H groups in total. The van der Waals surface area contributed by atoms with Crippen molar-refractivity contribution in [2.75, 3.05) is 65.5 Å². The second-order valence-corrected chi connectivity index (χ2v) is 23.6. The lowest BCUT2D eigenvalue weighted by atomic mass is 9.78. The van der Waals surface area contributed by atoms with Gasteiger partial charge in [0, 0.05) is 57.7 Å². The minimum atomic E-state index is -1.91. The largest absolute Gasteiger partial charge is 0.479 e. The van der Waals surface area contributed by atoms with Gasteiger partial charge in [0.05, 0.1) is 30.4 Å². The van der Waals surface area contributed by atoms with Gasteiger partial charge in [0.1, 0.15) is 54.2 Å². The Hall–Kier alpha value is -5.40. The maximum Gasteiger partial charge on any atom is 0.338 e. The van der Waals surface area contributed by atoms with Crippen LogP contribution in [0.1, 0.15) is 116 Å². The molecule has 3 aromatic rings. The number of benzene rings is 2. The first-order valence-corrected chi connectivity index (χ1v) is 30.9. The summed E-state index contributed by atoms with van der Waals surface area (Å²) in [5, 5.41) is 83.0. The van der Waals surface area contributed by atoms with Crippen molar-refractivity contribution in [1.82, 2.24) is 41.5 Å². The van der Waals surface area contributed by atoms with Crippen molar-refractivity contribution in [3.63, 3.8) is 0 Å². The van der Waals surface area contributed by atoms with Crippen LogP contribution in [0.2, 0.25) is 0 Å². The minimum absolute atomic E-state index is 0.0313. The number of H-pyrrole nitrogens is 2. The molecule has 15 atom stereocenters. The zero-order valence-electron chi connectivity index (χ0n) is 49.5. The molecule has 26 heteroatoms. The van der Waals surface area contributed by atoms with Crippen LogP contribution in [0, 0.1) is 11.8 Å². The summed E-state index contributed by atoms with van der Waals surface area (Å²) in [5.41, 5.74) is -0.0623. The number of aromatic nitrogens is 2. The van der Waals surface area contributed by atoms with Crippen LogP contribution in [0.25, 0.3) is 0 Å². The molecule has 5 fully saturated rings. The fraction of sp³-hybridized carbons (Fsp3) is 0.672. The van der Waals surface area contributed by atoms with Gasteiger partial charge in [-0.2, -0.15) is 0 Å². The number of esters is 1. The number of hydrogen-bond donors (Lipinski definition) is 13. The lowest BCUT2D eigenvalue weighted by Gasteiger charge is -2.49. The van der Waals surface area contributed by atoms with E-state index in [-0.39, 0.29) is 42.9 Å².